The molecule has 3 N–H and O–H groups in total. The number of unbranched alkanes of at least 4 members (excludes halogenated alkanes) is 1. The normalized spacial score (nSPS) is 27.8. The molecule has 4 unspecified atom stereocenters. The Kier molecular flexibility index (Phi) is 8.36. The molecule has 0 aliphatic carbocycles. The monoisotopic (exact) mass is 526 g/mol. The molecule has 0 radical (unpaired) electrons. The molecule has 1 aromatic rings. The van der Waals surface area contributed by atoms with E-state index >= 15 is 0 Å². The van der Waals surface area contributed by atoms with Crippen molar-refractivity contribution in [2.75, 3.05) is 0 Å². The first kappa shape index (κ1) is 23.3. The first-order valence-electron chi connectivity index (χ1n) is 10.7. The third kappa shape index (κ3) is 5.86. The minimum atomic E-state index is -0.745. The Balaban J connectivity index is 1.57. The summed E-state index contributed by atoms with van der Waals surface area (Å²) in [6, 6.07) is 5.45. The van der Waals surface area contributed by atoms with Crippen LogP contribution >= 0.6 is 22.6 Å². The number of aliphatic carboxylic acids is 1. The number of rotatable bonds is 10. The van der Waals surface area contributed by atoms with E-state index in [1.807, 2.05) is 25.1 Å². The van der Waals surface area contributed by atoms with Crippen molar-refractivity contribution >= 4 is 28.6 Å². The highest BCUT2D eigenvalue weighted by Crippen LogP contribution is 2.46. The molecule has 5 nitrogen and oxygen atoms in total. The number of carboxylic acid groups (broad SMARTS) is 1. The highest BCUT2D eigenvalue weighted by Gasteiger charge is 2.46. The van der Waals surface area contributed by atoms with Crippen molar-refractivity contribution in [3.63, 3.8) is 0 Å². The number of aliphatic hydroxyl groups excluding tert-OH is 1. The third-order valence-electron chi connectivity index (χ3n) is 6.36. The molecule has 164 valence electrons. The predicted octanol–water partition coefficient (Wildman–Crippen LogP) is 5.01. The van der Waals surface area contributed by atoms with E-state index < -0.39 is 12.1 Å². The summed E-state index contributed by atoms with van der Waals surface area (Å²) < 4.78 is 6.92. The summed E-state index contributed by atoms with van der Waals surface area (Å²) in [5, 5.41) is 29.1. The Bertz CT molecular complexity index is 790. The standard InChI is InChI=1S/C24H31IO5/c1-15(16-8-10-21(27)19(25)14-16)20(26)11-9-18-17(22-12-13-23(18)30-22)6-4-2-3-5-7-24(28)29/h2,4,8-11,14-15,17-18,20,22-23,26-27H,3,5-7,12-13H2,1H3,(H,28,29)/b4-2-,11-9+/t15-,17?,18?,20+,22?,23?/m0/s1. The van der Waals surface area contributed by atoms with Gasteiger partial charge in [0.05, 0.1) is 21.9 Å². The highest BCUT2D eigenvalue weighted by molar-refractivity contribution is 14.1. The van der Waals surface area contributed by atoms with E-state index in [-0.39, 0.29) is 30.3 Å². The molecule has 2 heterocycles. The number of benzene rings is 1. The van der Waals surface area contributed by atoms with Gasteiger partial charge in [0, 0.05) is 18.3 Å². The largest absolute Gasteiger partial charge is 0.507 e. The first-order valence-corrected chi connectivity index (χ1v) is 11.8. The Labute approximate surface area is 192 Å². The number of carbonyl (C=O) groups is 1. The summed E-state index contributed by atoms with van der Waals surface area (Å²) in [4.78, 5) is 10.6. The maximum absolute atomic E-state index is 10.7. The molecule has 30 heavy (non-hydrogen) atoms. The van der Waals surface area contributed by atoms with Crippen molar-refractivity contribution < 1.29 is 24.9 Å². The van der Waals surface area contributed by atoms with Gasteiger partial charge in [0.25, 0.3) is 0 Å². The number of allylic oxidation sites excluding steroid dienone is 2. The number of fused-ring (bicyclic) bond motifs is 2. The van der Waals surface area contributed by atoms with Crippen LogP contribution in [0.5, 0.6) is 5.75 Å². The molecule has 0 aromatic heterocycles. The Morgan fingerprint density at radius 3 is 2.80 bits per heavy atom. The van der Waals surface area contributed by atoms with Crippen molar-refractivity contribution in [1.82, 2.24) is 0 Å². The molecule has 1 aromatic carbocycles. The van der Waals surface area contributed by atoms with Gasteiger partial charge >= 0.3 is 5.97 Å². The molecule has 2 saturated heterocycles. The van der Waals surface area contributed by atoms with Gasteiger partial charge in [-0.2, -0.15) is 0 Å². The molecule has 0 amide bonds. The lowest BCUT2D eigenvalue weighted by Crippen LogP contribution is -2.26. The van der Waals surface area contributed by atoms with E-state index in [2.05, 4.69) is 40.8 Å². The zero-order chi connectivity index (χ0) is 21.7. The number of hydrogen-bond acceptors (Lipinski definition) is 4. The van der Waals surface area contributed by atoms with Gasteiger partial charge in [-0.1, -0.05) is 37.3 Å². The van der Waals surface area contributed by atoms with E-state index in [9.17, 15) is 15.0 Å². The van der Waals surface area contributed by atoms with Crippen molar-refractivity contribution in [1.29, 1.82) is 0 Å². The maximum atomic E-state index is 10.7. The summed E-state index contributed by atoms with van der Waals surface area (Å²) in [5.41, 5.74) is 0.999. The Morgan fingerprint density at radius 2 is 2.07 bits per heavy atom. The summed E-state index contributed by atoms with van der Waals surface area (Å²) in [5.74, 6) is 0.156. The lowest BCUT2D eigenvalue weighted by molar-refractivity contribution is -0.137. The average molecular weight is 526 g/mol. The zero-order valence-electron chi connectivity index (χ0n) is 17.3. The van der Waals surface area contributed by atoms with Gasteiger partial charge in [-0.25, -0.2) is 0 Å². The smallest absolute Gasteiger partial charge is 0.303 e. The minimum absolute atomic E-state index is 0.0672. The van der Waals surface area contributed by atoms with Gasteiger partial charge in [0.1, 0.15) is 5.75 Å². The van der Waals surface area contributed by atoms with Crippen LogP contribution in [-0.4, -0.2) is 39.6 Å². The first-order chi connectivity index (χ1) is 14.4. The quantitative estimate of drug-likeness (QED) is 0.227. The summed E-state index contributed by atoms with van der Waals surface area (Å²) in [6.45, 7) is 1.99. The van der Waals surface area contributed by atoms with E-state index in [0.29, 0.717) is 18.3 Å². The molecular weight excluding hydrogens is 495 g/mol. The molecule has 2 aliphatic rings. The van der Waals surface area contributed by atoms with Crippen LogP contribution in [0.4, 0.5) is 0 Å². The van der Waals surface area contributed by atoms with Gasteiger partial charge < -0.3 is 20.1 Å². The topological polar surface area (TPSA) is 87.0 Å². The molecule has 2 fully saturated rings. The third-order valence-corrected chi connectivity index (χ3v) is 7.23. The van der Waals surface area contributed by atoms with Gasteiger partial charge in [-0.3, -0.25) is 4.79 Å². The van der Waals surface area contributed by atoms with Crippen LogP contribution in [0.25, 0.3) is 0 Å². The second-order valence-corrected chi connectivity index (χ2v) is 9.56. The van der Waals surface area contributed by atoms with Crippen LogP contribution in [-0.2, 0) is 9.53 Å². The molecule has 2 aliphatic heterocycles. The number of phenols is 1. The highest BCUT2D eigenvalue weighted by atomic mass is 127. The van der Waals surface area contributed by atoms with Crippen molar-refractivity contribution in [2.45, 2.75) is 69.7 Å². The molecule has 6 atom stereocenters. The van der Waals surface area contributed by atoms with Crippen LogP contribution in [0.3, 0.4) is 0 Å². The van der Waals surface area contributed by atoms with Crippen molar-refractivity contribution in [3.05, 3.63) is 51.6 Å². The van der Waals surface area contributed by atoms with E-state index in [1.165, 1.54) is 0 Å². The lowest BCUT2D eigenvalue weighted by atomic mass is 9.77. The number of aliphatic hydroxyl groups is 1. The zero-order valence-corrected chi connectivity index (χ0v) is 19.4. The summed E-state index contributed by atoms with van der Waals surface area (Å²) in [6.07, 6.45) is 13.0. The fourth-order valence-corrected chi connectivity index (χ4v) is 5.08. The number of phenolic OH excluding ortho intramolecular Hbond substituents is 1. The van der Waals surface area contributed by atoms with Gasteiger partial charge in [0.2, 0.25) is 0 Å². The minimum Gasteiger partial charge on any atom is -0.507 e. The molecule has 3 rings (SSSR count). The molecule has 0 spiro atoms. The van der Waals surface area contributed by atoms with Crippen LogP contribution < -0.4 is 0 Å². The number of hydrogen-bond donors (Lipinski definition) is 3. The number of aromatic hydroxyl groups is 1. The molecule has 2 bridgehead atoms. The average Bonchev–Trinajstić information content (AvgIpc) is 3.31. The second kappa shape index (κ2) is 10.8. The fraction of sp³-hybridized carbons (Fsp3) is 0.542. The van der Waals surface area contributed by atoms with Gasteiger partial charge in [-0.05, 0) is 78.3 Å². The van der Waals surface area contributed by atoms with Crippen LogP contribution in [0.15, 0.2) is 42.5 Å². The summed E-state index contributed by atoms with van der Waals surface area (Å²) >= 11 is 2.10. The Hall–Kier alpha value is -1.38. The van der Waals surface area contributed by atoms with E-state index in [0.717, 1.165) is 34.8 Å². The van der Waals surface area contributed by atoms with Crippen molar-refractivity contribution in [2.24, 2.45) is 11.8 Å². The van der Waals surface area contributed by atoms with Gasteiger partial charge in [-0.15, -0.1) is 0 Å². The van der Waals surface area contributed by atoms with Crippen molar-refractivity contribution in [3.8, 4) is 5.75 Å². The number of ether oxygens (including phenoxy) is 1. The number of carboxylic acids is 1. The SMILES string of the molecule is C[C@@H](c1ccc(O)c(I)c1)[C@H](O)/C=C/C1C2CCC(O2)C1C/C=C\CCCC(=O)O. The molecule has 0 saturated carbocycles. The lowest BCUT2D eigenvalue weighted by Gasteiger charge is -2.25. The van der Waals surface area contributed by atoms with Gasteiger partial charge in [0.15, 0.2) is 0 Å². The van der Waals surface area contributed by atoms with Crippen LogP contribution in [0.2, 0.25) is 0 Å². The van der Waals surface area contributed by atoms with E-state index in [1.54, 1.807) is 6.07 Å². The number of halogens is 1. The maximum Gasteiger partial charge on any atom is 0.303 e. The van der Waals surface area contributed by atoms with Crippen LogP contribution in [0, 0.1) is 15.4 Å². The summed E-state index contributed by atoms with van der Waals surface area (Å²) in [7, 11) is 0. The fourth-order valence-electron chi connectivity index (χ4n) is 4.54. The van der Waals surface area contributed by atoms with Crippen LogP contribution in [0.1, 0.15) is 56.9 Å². The Morgan fingerprint density at radius 1 is 1.30 bits per heavy atom. The second-order valence-electron chi connectivity index (χ2n) is 8.40. The molecule has 6 heteroatoms. The predicted molar refractivity (Wildman–Crippen MR) is 125 cm³/mol. The molecular formula is C24H31IO5. The van der Waals surface area contributed by atoms with E-state index in [4.69, 9.17) is 9.84 Å².